The van der Waals surface area contributed by atoms with E-state index in [0.29, 0.717) is 0 Å². The quantitative estimate of drug-likeness (QED) is 0.460. The van der Waals surface area contributed by atoms with Gasteiger partial charge in [-0.05, 0) is 13.0 Å². The Morgan fingerprint density at radius 2 is 2.24 bits per heavy atom. The van der Waals surface area contributed by atoms with Gasteiger partial charge in [0, 0.05) is 12.1 Å². The molecule has 0 bridgehead atoms. The highest BCUT2D eigenvalue weighted by atomic mass is 35.5. The van der Waals surface area contributed by atoms with Gasteiger partial charge in [0.2, 0.25) is 0 Å². The van der Waals surface area contributed by atoms with Crippen molar-refractivity contribution in [1.29, 1.82) is 0 Å². The number of non-ortho nitro benzene ring substituents is 1. The van der Waals surface area contributed by atoms with E-state index in [1.807, 2.05) is 0 Å². The molecule has 1 rings (SSSR count). The summed E-state index contributed by atoms with van der Waals surface area (Å²) in [6.07, 6.45) is 0. The van der Waals surface area contributed by atoms with E-state index in [0.717, 1.165) is 6.07 Å². The van der Waals surface area contributed by atoms with Crippen molar-refractivity contribution in [2.75, 3.05) is 13.2 Å². The molecule has 0 atom stereocenters. The number of nitro benzene ring substituents is 1. The van der Waals surface area contributed by atoms with E-state index < -0.39 is 10.9 Å². The molecule has 0 aliphatic carbocycles. The van der Waals surface area contributed by atoms with Gasteiger partial charge in [-0.15, -0.1) is 0 Å². The minimum Gasteiger partial charge on any atom is -0.480 e. The number of nitro groups is 1. The molecule has 0 saturated heterocycles. The third-order valence-corrected chi connectivity index (χ3v) is 2.07. The molecular weight excluding hydrogens is 250 g/mol. The van der Waals surface area contributed by atoms with Crippen LogP contribution in [-0.2, 0) is 9.53 Å². The molecule has 0 N–H and O–H groups in total. The Labute approximate surface area is 102 Å². The van der Waals surface area contributed by atoms with Crippen molar-refractivity contribution in [3.8, 4) is 5.75 Å². The number of hydrogen-bond donors (Lipinski definition) is 0. The van der Waals surface area contributed by atoms with Crippen LogP contribution in [0.4, 0.5) is 5.69 Å². The molecule has 7 heteroatoms. The second kappa shape index (κ2) is 6.05. The molecule has 1 aromatic rings. The second-order valence-corrected chi connectivity index (χ2v) is 3.37. The molecule has 0 spiro atoms. The minimum absolute atomic E-state index is 0.0727. The number of nitrogens with zero attached hydrogens (tertiary/aromatic N) is 1. The first-order chi connectivity index (χ1) is 8.04. The van der Waals surface area contributed by atoms with Crippen LogP contribution in [-0.4, -0.2) is 24.1 Å². The molecule has 1 aromatic carbocycles. The van der Waals surface area contributed by atoms with Crippen molar-refractivity contribution >= 4 is 23.3 Å². The minimum atomic E-state index is -0.568. The molecule has 0 heterocycles. The van der Waals surface area contributed by atoms with Gasteiger partial charge in [0.05, 0.1) is 16.6 Å². The Balaban J connectivity index is 2.66. The first-order valence-electron chi connectivity index (χ1n) is 4.77. The first-order valence-corrected chi connectivity index (χ1v) is 5.14. The molecule has 0 aliphatic heterocycles. The SMILES string of the molecule is CCOC(=O)COc1ccc([N+](=O)[O-])cc1Cl. The van der Waals surface area contributed by atoms with Crippen molar-refractivity contribution in [2.24, 2.45) is 0 Å². The van der Waals surface area contributed by atoms with Crippen molar-refractivity contribution in [2.45, 2.75) is 6.92 Å². The molecule has 17 heavy (non-hydrogen) atoms. The van der Waals surface area contributed by atoms with Crippen LogP contribution in [0.5, 0.6) is 5.75 Å². The topological polar surface area (TPSA) is 78.7 Å². The van der Waals surface area contributed by atoms with Crippen LogP contribution in [0.2, 0.25) is 5.02 Å². The molecular formula is C10H10ClNO5. The van der Waals surface area contributed by atoms with Gasteiger partial charge >= 0.3 is 5.97 Å². The molecule has 0 saturated carbocycles. The van der Waals surface area contributed by atoms with Gasteiger partial charge in [0.1, 0.15) is 5.75 Å². The molecule has 92 valence electrons. The number of halogens is 1. The number of ether oxygens (including phenoxy) is 2. The zero-order valence-electron chi connectivity index (χ0n) is 9.01. The van der Waals surface area contributed by atoms with E-state index in [-0.39, 0.29) is 29.7 Å². The fourth-order valence-electron chi connectivity index (χ4n) is 1.06. The summed E-state index contributed by atoms with van der Waals surface area (Å²) in [6.45, 7) is 1.65. The number of esters is 1. The summed E-state index contributed by atoms with van der Waals surface area (Å²) in [6, 6.07) is 3.73. The predicted octanol–water partition coefficient (Wildman–Crippen LogP) is 2.19. The fraction of sp³-hybridized carbons (Fsp3) is 0.300. The van der Waals surface area contributed by atoms with E-state index >= 15 is 0 Å². The lowest BCUT2D eigenvalue weighted by Gasteiger charge is -2.06. The van der Waals surface area contributed by atoms with Crippen LogP contribution >= 0.6 is 11.6 Å². The average Bonchev–Trinajstić information content (AvgIpc) is 2.27. The van der Waals surface area contributed by atoms with Gasteiger partial charge in [-0.25, -0.2) is 4.79 Å². The fourth-order valence-corrected chi connectivity index (χ4v) is 1.29. The first kappa shape index (κ1) is 13.2. The Morgan fingerprint density at radius 3 is 2.76 bits per heavy atom. The van der Waals surface area contributed by atoms with Crippen LogP contribution in [0.15, 0.2) is 18.2 Å². The van der Waals surface area contributed by atoms with Gasteiger partial charge in [-0.3, -0.25) is 10.1 Å². The van der Waals surface area contributed by atoms with Gasteiger partial charge < -0.3 is 9.47 Å². The van der Waals surface area contributed by atoms with Crippen LogP contribution < -0.4 is 4.74 Å². The van der Waals surface area contributed by atoms with Crippen molar-refractivity contribution < 1.29 is 19.2 Å². The number of benzene rings is 1. The second-order valence-electron chi connectivity index (χ2n) is 2.97. The van der Waals surface area contributed by atoms with Crippen molar-refractivity contribution in [3.63, 3.8) is 0 Å². The smallest absolute Gasteiger partial charge is 0.344 e. The summed E-state index contributed by atoms with van der Waals surface area (Å²) in [5.41, 5.74) is -0.140. The summed E-state index contributed by atoms with van der Waals surface area (Å²) in [4.78, 5) is 20.9. The van der Waals surface area contributed by atoms with E-state index in [4.69, 9.17) is 16.3 Å². The van der Waals surface area contributed by atoms with E-state index in [1.54, 1.807) is 6.92 Å². The third kappa shape index (κ3) is 3.92. The largest absolute Gasteiger partial charge is 0.480 e. The maximum absolute atomic E-state index is 11.0. The van der Waals surface area contributed by atoms with Crippen LogP contribution in [0, 0.1) is 10.1 Å². The number of rotatable bonds is 5. The maximum Gasteiger partial charge on any atom is 0.344 e. The molecule has 0 amide bonds. The van der Waals surface area contributed by atoms with E-state index in [9.17, 15) is 14.9 Å². The maximum atomic E-state index is 11.0. The summed E-state index contributed by atoms with van der Waals surface area (Å²) < 4.78 is 9.71. The molecule has 0 unspecified atom stereocenters. The number of carbonyl (C=O) groups excluding carboxylic acids is 1. The standard InChI is InChI=1S/C10H10ClNO5/c1-2-16-10(13)6-17-9-4-3-7(12(14)15)5-8(9)11/h3-5H,2,6H2,1H3. The molecule has 0 fully saturated rings. The van der Waals surface area contributed by atoms with Crippen LogP contribution in [0.25, 0.3) is 0 Å². The predicted molar refractivity (Wildman–Crippen MR) is 60.2 cm³/mol. The summed E-state index contributed by atoms with van der Waals surface area (Å²) in [7, 11) is 0. The Kier molecular flexibility index (Phi) is 4.71. The van der Waals surface area contributed by atoms with Crippen molar-refractivity contribution in [3.05, 3.63) is 33.3 Å². The van der Waals surface area contributed by atoms with E-state index in [2.05, 4.69) is 4.74 Å². The van der Waals surface area contributed by atoms with E-state index in [1.165, 1.54) is 12.1 Å². The van der Waals surface area contributed by atoms with Crippen LogP contribution in [0.1, 0.15) is 6.92 Å². The van der Waals surface area contributed by atoms with Gasteiger partial charge in [0.25, 0.3) is 5.69 Å². The monoisotopic (exact) mass is 259 g/mol. The Hall–Kier alpha value is -1.82. The number of carbonyl (C=O) groups is 1. The molecule has 0 aromatic heterocycles. The highest BCUT2D eigenvalue weighted by molar-refractivity contribution is 6.32. The lowest BCUT2D eigenvalue weighted by Crippen LogP contribution is -2.14. The molecule has 0 radical (unpaired) electrons. The third-order valence-electron chi connectivity index (χ3n) is 1.78. The van der Waals surface area contributed by atoms with Crippen molar-refractivity contribution in [1.82, 2.24) is 0 Å². The average molecular weight is 260 g/mol. The summed E-state index contributed by atoms with van der Waals surface area (Å²) in [5, 5.41) is 10.5. The number of hydrogen-bond acceptors (Lipinski definition) is 5. The molecule has 6 nitrogen and oxygen atoms in total. The summed E-state index contributed by atoms with van der Waals surface area (Å²) >= 11 is 5.75. The zero-order valence-corrected chi connectivity index (χ0v) is 9.77. The van der Waals surface area contributed by atoms with Gasteiger partial charge in [-0.2, -0.15) is 0 Å². The van der Waals surface area contributed by atoms with Crippen LogP contribution in [0.3, 0.4) is 0 Å². The van der Waals surface area contributed by atoms with Gasteiger partial charge in [-0.1, -0.05) is 11.6 Å². The Morgan fingerprint density at radius 1 is 1.53 bits per heavy atom. The molecule has 0 aliphatic rings. The lowest BCUT2D eigenvalue weighted by molar-refractivity contribution is -0.384. The Bertz CT molecular complexity index is 435. The summed E-state index contributed by atoms with van der Waals surface area (Å²) in [5.74, 6) is -0.327. The highest BCUT2D eigenvalue weighted by Gasteiger charge is 2.11. The van der Waals surface area contributed by atoms with Gasteiger partial charge in [0.15, 0.2) is 6.61 Å². The lowest BCUT2D eigenvalue weighted by atomic mass is 10.3. The zero-order chi connectivity index (χ0) is 12.8. The normalized spacial score (nSPS) is 9.76. The highest BCUT2D eigenvalue weighted by Crippen LogP contribution is 2.28.